The Labute approximate surface area is 173 Å². The lowest BCUT2D eigenvalue weighted by atomic mass is 9.92. The van der Waals surface area contributed by atoms with Crippen molar-refractivity contribution in [2.24, 2.45) is 0 Å². The van der Waals surface area contributed by atoms with Crippen molar-refractivity contribution in [2.75, 3.05) is 13.7 Å². The molecule has 29 heavy (non-hydrogen) atoms. The van der Waals surface area contributed by atoms with Crippen molar-refractivity contribution in [3.8, 4) is 17.2 Å². The van der Waals surface area contributed by atoms with Crippen LogP contribution in [-0.4, -0.2) is 31.8 Å². The van der Waals surface area contributed by atoms with Gasteiger partial charge in [-0.25, -0.2) is 0 Å². The number of aryl methyl sites for hydroxylation is 2. The van der Waals surface area contributed by atoms with Crippen LogP contribution in [0.4, 0.5) is 0 Å². The average Bonchev–Trinajstić information content (AvgIpc) is 2.76. The number of amides is 1. The number of rotatable bonds is 9. The monoisotopic (exact) mass is 397 g/mol. The van der Waals surface area contributed by atoms with E-state index in [-0.39, 0.29) is 11.9 Å². The molecule has 0 unspecified atom stereocenters. The van der Waals surface area contributed by atoms with Crippen molar-refractivity contribution in [1.82, 2.24) is 5.32 Å². The number of nitrogens with one attached hydrogen (secondary N) is 1. The standard InChI is InChI=1S/C24H31NO4/c1-4-23(29-22-10-9-18-7-5-6-8-19(18)15-22)24(26)25-17(2)16-28-21-13-11-20(27-3)12-14-21/h9-15,17,23H,4-8,16H2,1-3H3,(H,25,26)/t17-,23+/m0/s1. The highest BCUT2D eigenvalue weighted by Gasteiger charge is 2.21. The molecule has 5 heteroatoms. The molecule has 1 aliphatic rings. The van der Waals surface area contributed by atoms with Gasteiger partial charge in [-0.15, -0.1) is 0 Å². The first-order chi connectivity index (χ1) is 14.1. The van der Waals surface area contributed by atoms with Crippen molar-refractivity contribution in [3.63, 3.8) is 0 Å². The molecule has 0 bridgehead atoms. The van der Waals surface area contributed by atoms with Gasteiger partial charge in [0.1, 0.15) is 23.9 Å². The van der Waals surface area contributed by atoms with E-state index in [9.17, 15) is 4.79 Å². The first kappa shape index (κ1) is 21.0. The molecule has 2 atom stereocenters. The first-order valence-corrected chi connectivity index (χ1v) is 10.4. The summed E-state index contributed by atoms with van der Waals surface area (Å²) in [4.78, 5) is 12.7. The van der Waals surface area contributed by atoms with Gasteiger partial charge < -0.3 is 19.5 Å². The topological polar surface area (TPSA) is 56.8 Å². The molecule has 1 aliphatic carbocycles. The average molecular weight is 398 g/mol. The van der Waals surface area contributed by atoms with Crippen molar-refractivity contribution in [2.45, 2.75) is 58.1 Å². The predicted octanol–water partition coefficient (Wildman–Crippen LogP) is 4.32. The van der Waals surface area contributed by atoms with Gasteiger partial charge in [-0.2, -0.15) is 0 Å². The Morgan fingerprint density at radius 1 is 1.00 bits per heavy atom. The Hall–Kier alpha value is -2.69. The number of fused-ring (bicyclic) bond motifs is 1. The Morgan fingerprint density at radius 2 is 1.66 bits per heavy atom. The van der Waals surface area contributed by atoms with Gasteiger partial charge in [-0.1, -0.05) is 13.0 Å². The van der Waals surface area contributed by atoms with Crippen molar-refractivity contribution < 1.29 is 19.0 Å². The number of carbonyl (C=O) groups is 1. The van der Waals surface area contributed by atoms with E-state index in [1.165, 1.54) is 24.0 Å². The number of hydrogen-bond donors (Lipinski definition) is 1. The molecule has 0 saturated carbocycles. The van der Waals surface area contributed by atoms with Crippen molar-refractivity contribution in [3.05, 3.63) is 53.6 Å². The van der Waals surface area contributed by atoms with Crippen LogP contribution < -0.4 is 19.5 Å². The largest absolute Gasteiger partial charge is 0.497 e. The third-order valence-electron chi connectivity index (χ3n) is 5.21. The van der Waals surface area contributed by atoms with Crippen LogP contribution in [0.1, 0.15) is 44.2 Å². The Bertz CT molecular complexity index is 803. The number of hydrogen-bond acceptors (Lipinski definition) is 4. The molecular formula is C24H31NO4. The van der Waals surface area contributed by atoms with E-state index in [1.54, 1.807) is 7.11 Å². The van der Waals surface area contributed by atoms with E-state index in [1.807, 2.05) is 44.2 Å². The van der Waals surface area contributed by atoms with Crippen LogP contribution in [0.2, 0.25) is 0 Å². The highest BCUT2D eigenvalue weighted by Crippen LogP contribution is 2.26. The smallest absolute Gasteiger partial charge is 0.261 e. The van der Waals surface area contributed by atoms with Crippen molar-refractivity contribution >= 4 is 5.91 Å². The fourth-order valence-corrected chi connectivity index (χ4v) is 3.54. The third-order valence-corrected chi connectivity index (χ3v) is 5.21. The summed E-state index contributed by atoms with van der Waals surface area (Å²) in [6.45, 7) is 4.27. The molecule has 1 amide bonds. The Morgan fingerprint density at radius 3 is 2.34 bits per heavy atom. The number of carbonyl (C=O) groups excluding carboxylic acids is 1. The van der Waals surface area contributed by atoms with Crippen LogP contribution in [0.25, 0.3) is 0 Å². The summed E-state index contributed by atoms with van der Waals surface area (Å²) >= 11 is 0. The van der Waals surface area contributed by atoms with Gasteiger partial charge in [0, 0.05) is 0 Å². The van der Waals surface area contributed by atoms with Crippen LogP contribution in [0.15, 0.2) is 42.5 Å². The second kappa shape index (κ2) is 10.2. The molecule has 156 valence electrons. The summed E-state index contributed by atoms with van der Waals surface area (Å²) in [6, 6.07) is 13.5. The van der Waals surface area contributed by atoms with Crippen LogP contribution in [0, 0.1) is 0 Å². The third kappa shape index (κ3) is 5.89. The van der Waals surface area contributed by atoms with E-state index < -0.39 is 6.10 Å². The van der Waals surface area contributed by atoms with Crippen LogP contribution in [-0.2, 0) is 17.6 Å². The van der Waals surface area contributed by atoms with E-state index in [0.29, 0.717) is 13.0 Å². The molecule has 0 spiro atoms. The normalized spacial score (nSPS) is 15.0. The lowest BCUT2D eigenvalue weighted by molar-refractivity contribution is -0.128. The Balaban J connectivity index is 1.50. The minimum absolute atomic E-state index is 0.115. The summed E-state index contributed by atoms with van der Waals surface area (Å²) in [7, 11) is 1.63. The molecule has 0 heterocycles. The SMILES string of the molecule is CC[C@@H](Oc1ccc2c(c1)CCCC2)C(=O)N[C@@H](C)COc1ccc(OC)cc1. The van der Waals surface area contributed by atoms with Gasteiger partial charge in [0.05, 0.1) is 13.2 Å². The minimum Gasteiger partial charge on any atom is -0.497 e. The Kier molecular flexibility index (Phi) is 7.39. The van der Waals surface area contributed by atoms with Crippen LogP contribution in [0.3, 0.4) is 0 Å². The molecule has 0 aliphatic heterocycles. The summed E-state index contributed by atoms with van der Waals surface area (Å²) in [5, 5.41) is 2.99. The fourth-order valence-electron chi connectivity index (χ4n) is 3.54. The molecule has 0 aromatic heterocycles. The molecule has 2 aromatic rings. The summed E-state index contributed by atoms with van der Waals surface area (Å²) in [6.07, 6.45) is 4.80. The van der Waals surface area contributed by atoms with E-state index in [0.717, 1.165) is 30.1 Å². The molecule has 0 fully saturated rings. The van der Waals surface area contributed by atoms with Gasteiger partial charge in [0.25, 0.3) is 5.91 Å². The van der Waals surface area contributed by atoms with Gasteiger partial charge in [0.2, 0.25) is 0 Å². The molecule has 0 saturated heterocycles. The lowest BCUT2D eigenvalue weighted by Crippen LogP contribution is -2.44. The zero-order chi connectivity index (χ0) is 20.6. The molecule has 2 aromatic carbocycles. The second-order valence-corrected chi connectivity index (χ2v) is 7.55. The zero-order valence-electron chi connectivity index (χ0n) is 17.6. The maximum atomic E-state index is 12.7. The lowest BCUT2D eigenvalue weighted by Gasteiger charge is -2.22. The number of benzene rings is 2. The van der Waals surface area contributed by atoms with Crippen LogP contribution in [0.5, 0.6) is 17.2 Å². The minimum atomic E-state index is -0.514. The van der Waals surface area contributed by atoms with Crippen LogP contribution >= 0.6 is 0 Å². The van der Waals surface area contributed by atoms with Crippen molar-refractivity contribution in [1.29, 1.82) is 0 Å². The zero-order valence-corrected chi connectivity index (χ0v) is 17.6. The first-order valence-electron chi connectivity index (χ1n) is 10.4. The number of ether oxygens (including phenoxy) is 3. The highest BCUT2D eigenvalue weighted by atomic mass is 16.5. The second-order valence-electron chi connectivity index (χ2n) is 7.55. The van der Waals surface area contributed by atoms with Gasteiger partial charge >= 0.3 is 0 Å². The molecular weight excluding hydrogens is 366 g/mol. The van der Waals surface area contributed by atoms with Gasteiger partial charge in [-0.3, -0.25) is 4.79 Å². The number of methoxy groups -OCH3 is 1. The summed E-state index contributed by atoms with van der Waals surface area (Å²) in [5.41, 5.74) is 2.76. The maximum Gasteiger partial charge on any atom is 0.261 e. The molecule has 3 rings (SSSR count). The maximum absolute atomic E-state index is 12.7. The van der Waals surface area contributed by atoms with E-state index >= 15 is 0 Å². The fraction of sp³-hybridized carbons (Fsp3) is 0.458. The summed E-state index contributed by atoms with van der Waals surface area (Å²) < 4.78 is 16.9. The molecule has 1 N–H and O–H groups in total. The highest BCUT2D eigenvalue weighted by molar-refractivity contribution is 5.81. The molecule has 5 nitrogen and oxygen atoms in total. The predicted molar refractivity (Wildman–Crippen MR) is 114 cm³/mol. The van der Waals surface area contributed by atoms with Gasteiger partial charge in [-0.05, 0) is 86.6 Å². The summed E-state index contributed by atoms with van der Waals surface area (Å²) in [5.74, 6) is 2.18. The van der Waals surface area contributed by atoms with E-state index in [2.05, 4.69) is 17.4 Å². The molecule has 0 radical (unpaired) electrons. The quantitative estimate of drug-likeness (QED) is 0.685. The van der Waals surface area contributed by atoms with E-state index in [4.69, 9.17) is 14.2 Å². The van der Waals surface area contributed by atoms with Gasteiger partial charge in [0.15, 0.2) is 6.10 Å².